The summed E-state index contributed by atoms with van der Waals surface area (Å²) in [4.78, 5) is 16.5. The summed E-state index contributed by atoms with van der Waals surface area (Å²) < 4.78 is 0. The van der Waals surface area contributed by atoms with Crippen molar-refractivity contribution < 1.29 is 4.79 Å². The minimum atomic E-state index is -0.229. The Balaban J connectivity index is 2.26. The number of nitrogens with one attached hydrogen (secondary N) is 1. The molecule has 0 saturated heterocycles. The van der Waals surface area contributed by atoms with E-state index in [4.69, 9.17) is 5.26 Å². The topological polar surface area (TPSA) is 65.8 Å². The van der Waals surface area contributed by atoms with Crippen LogP contribution < -0.4 is 5.32 Å². The first-order valence-electron chi connectivity index (χ1n) is 4.93. The number of carbonyl (C=O) groups excluding carboxylic acids is 1. The molecule has 1 aromatic carbocycles. The van der Waals surface area contributed by atoms with Crippen molar-refractivity contribution in [2.45, 2.75) is 6.92 Å². The summed E-state index contributed by atoms with van der Waals surface area (Å²) >= 11 is 1.28. The van der Waals surface area contributed by atoms with Gasteiger partial charge in [-0.3, -0.25) is 4.79 Å². The SMILES string of the molecule is Cc1ncsc1C(=O)Nc1ccccc1C#N. The Morgan fingerprint density at radius 1 is 1.47 bits per heavy atom. The third-order valence-electron chi connectivity index (χ3n) is 2.25. The minimum absolute atomic E-state index is 0.229. The van der Waals surface area contributed by atoms with E-state index < -0.39 is 0 Å². The third kappa shape index (κ3) is 2.32. The average Bonchev–Trinajstić information content (AvgIpc) is 2.76. The number of rotatable bonds is 2. The Bertz CT molecular complexity index is 598. The summed E-state index contributed by atoms with van der Waals surface area (Å²) in [5.41, 5.74) is 3.29. The summed E-state index contributed by atoms with van der Waals surface area (Å²) in [5.74, 6) is -0.229. The Morgan fingerprint density at radius 3 is 2.88 bits per heavy atom. The maximum Gasteiger partial charge on any atom is 0.267 e. The Kier molecular flexibility index (Phi) is 3.17. The Hall–Kier alpha value is -2.19. The molecule has 17 heavy (non-hydrogen) atoms. The van der Waals surface area contributed by atoms with Gasteiger partial charge in [0.05, 0.1) is 22.5 Å². The van der Waals surface area contributed by atoms with Crippen LogP contribution in [0.4, 0.5) is 5.69 Å². The van der Waals surface area contributed by atoms with Crippen LogP contribution in [0.3, 0.4) is 0 Å². The number of thiazole rings is 1. The molecule has 1 N–H and O–H groups in total. The number of para-hydroxylation sites is 1. The molecule has 0 bridgehead atoms. The van der Waals surface area contributed by atoms with Gasteiger partial charge in [0.1, 0.15) is 10.9 Å². The molecule has 0 aliphatic carbocycles. The minimum Gasteiger partial charge on any atom is -0.320 e. The summed E-state index contributed by atoms with van der Waals surface area (Å²) in [6.45, 7) is 1.78. The third-order valence-corrected chi connectivity index (χ3v) is 3.17. The van der Waals surface area contributed by atoms with Crippen LogP contribution in [0, 0.1) is 18.3 Å². The standard InChI is InChI=1S/C12H9N3OS/c1-8-11(17-7-14-8)12(16)15-10-5-3-2-4-9(10)6-13/h2-5,7H,1H3,(H,15,16). The second-order valence-electron chi connectivity index (χ2n) is 3.38. The zero-order chi connectivity index (χ0) is 12.3. The molecular formula is C12H9N3OS. The summed E-state index contributed by atoms with van der Waals surface area (Å²) in [7, 11) is 0. The van der Waals surface area contributed by atoms with Crippen molar-refractivity contribution in [3.05, 3.63) is 45.9 Å². The fourth-order valence-electron chi connectivity index (χ4n) is 1.39. The summed E-state index contributed by atoms with van der Waals surface area (Å²) in [6.07, 6.45) is 0. The van der Waals surface area contributed by atoms with E-state index in [9.17, 15) is 4.79 Å². The Morgan fingerprint density at radius 2 is 2.24 bits per heavy atom. The zero-order valence-electron chi connectivity index (χ0n) is 9.10. The quantitative estimate of drug-likeness (QED) is 0.881. The van der Waals surface area contributed by atoms with Crippen molar-refractivity contribution in [1.82, 2.24) is 4.98 Å². The van der Waals surface area contributed by atoms with Crippen molar-refractivity contribution in [2.24, 2.45) is 0 Å². The zero-order valence-corrected chi connectivity index (χ0v) is 9.91. The number of aryl methyl sites for hydroxylation is 1. The van der Waals surface area contributed by atoms with Crippen LogP contribution >= 0.6 is 11.3 Å². The van der Waals surface area contributed by atoms with Gasteiger partial charge in [0.25, 0.3) is 5.91 Å². The molecule has 84 valence electrons. The lowest BCUT2D eigenvalue weighted by Gasteiger charge is -2.05. The highest BCUT2D eigenvalue weighted by Crippen LogP contribution is 2.18. The van der Waals surface area contributed by atoms with Crippen LogP contribution in [-0.2, 0) is 0 Å². The van der Waals surface area contributed by atoms with E-state index in [0.717, 1.165) is 0 Å². The first-order valence-corrected chi connectivity index (χ1v) is 5.81. The summed E-state index contributed by atoms with van der Waals surface area (Å²) in [5, 5.41) is 11.6. The molecule has 0 spiro atoms. The number of nitriles is 1. The number of anilines is 1. The molecule has 1 amide bonds. The smallest absolute Gasteiger partial charge is 0.267 e. The first-order chi connectivity index (χ1) is 8.22. The molecule has 0 unspecified atom stereocenters. The fraction of sp³-hybridized carbons (Fsp3) is 0.0833. The van der Waals surface area contributed by atoms with Gasteiger partial charge in [0, 0.05) is 0 Å². The molecule has 2 rings (SSSR count). The van der Waals surface area contributed by atoms with E-state index in [1.54, 1.807) is 36.7 Å². The fourth-order valence-corrected chi connectivity index (χ4v) is 2.09. The molecule has 0 fully saturated rings. The molecule has 1 aromatic heterocycles. The van der Waals surface area contributed by atoms with E-state index in [1.807, 2.05) is 6.07 Å². The van der Waals surface area contributed by atoms with E-state index in [-0.39, 0.29) is 5.91 Å². The predicted octanol–water partition coefficient (Wildman–Crippen LogP) is 2.58. The van der Waals surface area contributed by atoms with Crippen LogP contribution in [0.15, 0.2) is 29.8 Å². The van der Waals surface area contributed by atoms with Crippen LogP contribution in [0.5, 0.6) is 0 Å². The van der Waals surface area contributed by atoms with Crippen molar-refractivity contribution in [3.63, 3.8) is 0 Å². The van der Waals surface area contributed by atoms with E-state index >= 15 is 0 Å². The van der Waals surface area contributed by atoms with Gasteiger partial charge in [0.15, 0.2) is 0 Å². The monoisotopic (exact) mass is 243 g/mol. The number of benzene rings is 1. The molecule has 4 nitrogen and oxygen atoms in total. The van der Waals surface area contributed by atoms with E-state index in [2.05, 4.69) is 10.3 Å². The van der Waals surface area contributed by atoms with Crippen LogP contribution in [-0.4, -0.2) is 10.9 Å². The van der Waals surface area contributed by atoms with Crippen LogP contribution in [0.2, 0.25) is 0 Å². The number of aromatic nitrogens is 1. The highest BCUT2D eigenvalue weighted by molar-refractivity contribution is 7.12. The molecule has 0 aliphatic heterocycles. The van der Waals surface area contributed by atoms with Crippen molar-refractivity contribution in [1.29, 1.82) is 5.26 Å². The number of nitrogens with zero attached hydrogens (tertiary/aromatic N) is 2. The second-order valence-corrected chi connectivity index (χ2v) is 4.23. The lowest BCUT2D eigenvalue weighted by Crippen LogP contribution is -2.12. The number of carbonyl (C=O) groups is 1. The molecule has 1 heterocycles. The lowest BCUT2D eigenvalue weighted by molar-refractivity contribution is 0.103. The van der Waals surface area contributed by atoms with Crippen molar-refractivity contribution in [3.8, 4) is 6.07 Å². The van der Waals surface area contributed by atoms with Gasteiger partial charge in [0.2, 0.25) is 0 Å². The highest BCUT2D eigenvalue weighted by atomic mass is 32.1. The molecule has 0 aliphatic rings. The molecule has 0 saturated carbocycles. The molecular weight excluding hydrogens is 234 g/mol. The van der Waals surface area contributed by atoms with Crippen molar-refractivity contribution in [2.75, 3.05) is 5.32 Å². The average molecular weight is 243 g/mol. The lowest BCUT2D eigenvalue weighted by atomic mass is 10.2. The van der Waals surface area contributed by atoms with Crippen molar-refractivity contribution >= 4 is 22.9 Å². The Labute approximate surface area is 103 Å². The van der Waals surface area contributed by atoms with E-state index in [1.165, 1.54) is 11.3 Å². The maximum absolute atomic E-state index is 11.9. The van der Waals surface area contributed by atoms with Gasteiger partial charge in [-0.2, -0.15) is 5.26 Å². The van der Waals surface area contributed by atoms with E-state index in [0.29, 0.717) is 21.8 Å². The maximum atomic E-state index is 11.9. The van der Waals surface area contributed by atoms with Gasteiger partial charge in [-0.15, -0.1) is 11.3 Å². The van der Waals surface area contributed by atoms with Gasteiger partial charge in [-0.1, -0.05) is 12.1 Å². The first kappa shape index (κ1) is 11.3. The molecule has 0 atom stereocenters. The summed E-state index contributed by atoms with van der Waals surface area (Å²) in [6, 6.07) is 8.93. The van der Waals surface area contributed by atoms with Gasteiger partial charge < -0.3 is 5.32 Å². The largest absolute Gasteiger partial charge is 0.320 e. The number of hydrogen-bond acceptors (Lipinski definition) is 4. The van der Waals surface area contributed by atoms with Crippen LogP contribution in [0.1, 0.15) is 20.9 Å². The molecule has 5 heteroatoms. The second kappa shape index (κ2) is 4.76. The molecule has 2 aromatic rings. The van der Waals surface area contributed by atoms with Gasteiger partial charge in [-0.05, 0) is 19.1 Å². The highest BCUT2D eigenvalue weighted by Gasteiger charge is 2.13. The predicted molar refractivity (Wildman–Crippen MR) is 66.0 cm³/mol. The van der Waals surface area contributed by atoms with Crippen LogP contribution in [0.25, 0.3) is 0 Å². The van der Waals surface area contributed by atoms with Gasteiger partial charge >= 0.3 is 0 Å². The normalized spacial score (nSPS) is 9.65. The van der Waals surface area contributed by atoms with Gasteiger partial charge in [-0.25, -0.2) is 4.98 Å². The number of hydrogen-bond donors (Lipinski definition) is 1. The molecule has 0 radical (unpaired) electrons. The number of amides is 1.